The van der Waals surface area contributed by atoms with Crippen LogP contribution in [-0.4, -0.2) is 23.1 Å². The van der Waals surface area contributed by atoms with Crippen LogP contribution in [0.15, 0.2) is 42.5 Å². The second kappa shape index (κ2) is 6.08. The van der Waals surface area contributed by atoms with Crippen LogP contribution in [0.1, 0.15) is 36.1 Å². The Balaban J connectivity index is 2.10. The number of hydrogen-bond donors (Lipinski definition) is 1. The van der Waals surface area contributed by atoms with E-state index in [1.165, 1.54) is 16.7 Å². The van der Waals surface area contributed by atoms with E-state index in [9.17, 15) is 5.11 Å². The molecule has 0 saturated carbocycles. The molecule has 1 aliphatic heterocycles. The average Bonchev–Trinajstić information content (AvgIpc) is 2.50. The summed E-state index contributed by atoms with van der Waals surface area (Å²) in [4.78, 5) is 2.49. The van der Waals surface area contributed by atoms with E-state index in [0.717, 1.165) is 25.9 Å². The van der Waals surface area contributed by atoms with Crippen molar-refractivity contribution < 1.29 is 5.11 Å². The van der Waals surface area contributed by atoms with E-state index in [-0.39, 0.29) is 11.8 Å². The number of fused-ring (bicyclic) bond motifs is 1. The Morgan fingerprint density at radius 3 is 2.71 bits per heavy atom. The van der Waals surface area contributed by atoms with Gasteiger partial charge in [0.1, 0.15) is 5.75 Å². The van der Waals surface area contributed by atoms with Gasteiger partial charge < -0.3 is 5.11 Å². The lowest BCUT2D eigenvalue weighted by molar-refractivity contribution is 0.213. The molecule has 1 heterocycles. The molecule has 1 N–H and O–H groups in total. The molecule has 0 fully saturated rings. The van der Waals surface area contributed by atoms with Gasteiger partial charge in [-0.1, -0.05) is 48.9 Å². The maximum atomic E-state index is 10.0. The smallest absolute Gasteiger partial charge is 0.134 e. The van der Waals surface area contributed by atoms with Crippen LogP contribution in [0.2, 0.25) is 5.02 Å². The maximum absolute atomic E-state index is 10.0. The number of phenols is 1. The molecular formula is C18H20ClNO. The van der Waals surface area contributed by atoms with Gasteiger partial charge in [0, 0.05) is 6.54 Å². The molecular weight excluding hydrogens is 282 g/mol. The fourth-order valence-electron chi connectivity index (χ4n) is 3.23. The molecule has 1 aliphatic rings. The third kappa shape index (κ3) is 2.78. The number of rotatable bonds is 3. The van der Waals surface area contributed by atoms with Crippen LogP contribution in [0.25, 0.3) is 0 Å². The SMILES string of the molecule is CCCN1CCc2cc(Cl)c(O)cc2[C@H]1c1ccccc1. The van der Waals surface area contributed by atoms with Crippen LogP contribution < -0.4 is 0 Å². The summed E-state index contributed by atoms with van der Waals surface area (Å²) in [6.45, 7) is 4.29. The molecule has 0 spiro atoms. The first-order valence-corrected chi connectivity index (χ1v) is 7.88. The van der Waals surface area contributed by atoms with Crippen molar-refractivity contribution >= 4 is 11.6 Å². The molecule has 0 unspecified atom stereocenters. The van der Waals surface area contributed by atoms with E-state index in [1.54, 1.807) is 0 Å². The minimum absolute atomic E-state index is 0.176. The zero-order valence-electron chi connectivity index (χ0n) is 12.2. The highest BCUT2D eigenvalue weighted by Crippen LogP contribution is 2.39. The van der Waals surface area contributed by atoms with E-state index in [0.29, 0.717) is 5.02 Å². The molecule has 0 amide bonds. The fraction of sp³-hybridized carbons (Fsp3) is 0.333. The maximum Gasteiger partial charge on any atom is 0.134 e. The molecule has 2 aromatic rings. The lowest BCUT2D eigenvalue weighted by Gasteiger charge is -2.37. The largest absolute Gasteiger partial charge is 0.506 e. The highest BCUT2D eigenvalue weighted by Gasteiger charge is 2.29. The Kier molecular flexibility index (Phi) is 4.18. The van der Waals surface area contributed by atoms with Crippen LogP contribution in [0.4, 0.5) is 0 Å². The molecule has 110 valence electrons. The summed E-state index contributed by atoms with van der Waals surface area (Å²) in [6, 6.07) is 14.5. The molecule has 1 atom stereocenters. The Morgan fingerprint density at radius 1 is 1.24 bits per heavy atom. The van der Waals surface area contributed by atoms with Crippen LogP contribution >= 0.6 is 11.6 Å². The van der Waals surface area contributed by atoms with Gasteiger partial charge in [0.05, 0.1) is 11.1 Å². The number of phenolic OH excluding ortho intramolecular Hbond substituents is 1. The summed E-state index contributed by atoms with van der Waals surface area (Å²) in [5, 5.41) is 10.5. The predicted octanol–water partition coefficient (Wildman–Crippen LogP) is 4.40. The number of aromatic hydroxyl groups is 1. The van der Waals surface area contributed by atoms with Gasteiger partial charge in [0.2, 0.25) is 0 Å². The van der Waals surface area contributed by atoms with Gasteiger partial charge in [-0.25, -0.2) is 0 Å². The molecule has 0 aromatic heterocycles. The van der Waals surface area contributed by atoms with Gasteiger partial charge in [-0.05, 0) is 48.2 Å². The first-order valence-electron chi connectivity index (χ1n) is 7.51. The van der Waals surface area contributed by atoms with Gasteiger partial charge in [0.25, 0.3) is 0 Å². The lowest BCUT2D eigenvalue weighted by atomic mass is 9.88. The van der Waals surface area contributed by atoms with E-state index in [1.807, 2.05) is 18.2 Å². The first-order chi connectivity index (χ1) is 10.2. The summed E-state index contributed by atoms with van der Waals surface area (Å²) < 4.78 is 0. The molecule has 0 aliphatic carbocycles. The lowest BCUT2D eigenvalue weighted by Crippen LogP contribution is -2.36. The Morgan fingerprint density at radius 2 is 2.00 bits per heavy atom. The normalized spacial score (nSPS) is 18.5. The van der Waals surface area contributed by atoms with Crippen LogP contribution in [0.3, 0.4) is 0 Å². The molecule has 0 bridgehead atoms. The standard InChI is InChI=1S/C18H20ClNO/c1-2-9-20-10-8-14-11-16(19)17(21)12-15(14)18(20)13-6-4-3-5-7-13/h3-7,11-12,18,21H,2,8-10H2,1H3/t18-/m1/s1. The third-order valence-electron chi connectivity index (χ3n) is 4.16. The van der Waals surface area contributed by atoms with E-state index < -0.39 is 0 Å². The van der Waals surface area contributed by atoms with Crippen molar-refractivity contribution in [2.45, 2.75) is 25.8 Å². The van der Waals surface area contributed by atoms with Crippen molar-refractivity contribution in [1.82, 2.24) is 4.90 Å². The van der Waals surface area contributed by atoms with Gasteiger partial charge in [-0.3, -0.25) is 4.90 Å². The monoisotopic (exact) mass is 301 g/mol. The number of benzene rings is 2. The zero-order valence-corrected chi connectivity index (χ0v) is 13.0. The Labute approximate surface area is 131 Å². The van der Waals surface area contributed by atoms with Crippen molar-refractivity contribution in [2.24, 2.45) is 0 Å². The minimum Gasteiger partial charge on any atom is -0.506 e. The zero-order chi connectivity index (χ0) is 14.8. The molecule has 3 rings (SSSR count). The van der Waals surface area contributed by atoms with Crippen LogP contribution in [-0.2, 0) is 6.42 Å². The quantitative estimate of drug-likeness (QED) is 0.908. The van der Waals surface area contributed by atoms with E-state index in [2.05, 4.69) is 36.1 Å². The summed E-state index contributed by atoms with van der Waals surface area (Å²) in [5.41, 5.74) is 3.70. The van der Waals surface area contributed by atoms with Gasteiger partial charge in [-0.2, -0.15) is 0 Å². The van der Waals surface area contributed by atoms with Crippen molar-refractivity contribution in [3.8, 4) is 5.75 Å². The molecule has 3 heteroatoms. The molecule has 2 nitrogen and oxygen atoms in total. The first kappa shape index (κ1) is 14.4. The topological polar surface area (TPSA) is 23.5 Å². The third-order valence-corrected chi connectivity index (χ3v) is 4.47. The van der Waals surface area contributed by atoms with Crippen molar-refractivity contribution in [3.05, 3.63) is 64.2 Å². The van der Waals surface area contributed by atoms with E-state index >= 15 is 0 Å². The summed E-state index contributed by atoms with van der Waals surface area (Å²) >= 11 is 6.07. The van der Waals surface area contributed by atoms with Crippen molar-refractivity contribution in [1.29, 1.82) is 0 Å². The van der Waals surface area contributed by atoms with Crippen LogP contribution in [0.5, 0.6) is 5.75 Å². The molecule has 0 saturated heterocycles. The van der Waals surface area contributed by atoms with Crippen molar-refractivity contribution in [3.63, 3.8) is 0 Å². The minimum atomic E-state index is 0.176. The number of hydrogen-bond acceptors (Lipinski definition) is 2. The summed E-state index contributed by atoms with van der Waals surface area (Å²) in [5.74, 6) is 0.176. The molecule has 21 heavy (non-hydrogen) atoms. The van der Waals surface area contributed by atoms with Crippen LogP contribution in [0, 0.1) is 0 Å². The second-order valence-corrected chi connectivity index (χ2v) is 6.01. The summed E-state index contributed by atoms with van der Waals surface area (Å²) in [6.07, 6.45) is 2.11. The number of nitrogens with zero attached hydrogens (tertiary/aromatic N) is 1. The van der Waals surface area contributed by atoms with Crippen molar-refractivity contribution in [2.75, 3.05) is 13.1 Å². The fourth-order valence-corrected chi connectivity index (χ4v) is 3.42. The van der Waals surface area contributed by atoms with Gasteiger partial charge in [0.15, 0.2) is 0 Å². The van der Waals surface area contributed by atoms with Gasteiger partial charge in [-0.15, -0.1) is 0 Å². The highest BCUT2D eigenvalue weighted by molar-refractivity contribution is 6.32. The van der Waals surface area contributed by atoms with E-state index in [4.69, 9.17) is 11.6 Å². The Bertz CT molecular complexity index is 627. The Hall–Kier alpha value is -1.51. The summed E-state index contributed by atoms with van der Waals surface area (Å²) in [7, 11) is 0. The second-order valence-electron chi connectivity index (χ2n) is 5.60. The number of halogens is 1. The highest BCUT2D eigenvalue weighted by atomic mass is 35.5. The molecule has 2 aromatic carbocycles. The average molecular weight is 302 g/mol. The molecule has 0 radical (unpaired) electrons. The van der Waals surface area contributed by atoms with Gasteiger partial charge >= 0.3 is 0 Å². The predicted molar refractivity (Wildman–Crippen MR) is 87.0 cm³/mol.